The third kappa shape index (κ3) is 2.47. The monoisotopic (exact) mass is 338 g/mol. The fraction of sp³-hybridized carbons (Fsp3) is 0.176. The number of hydrogen-bond acceptors (Lipinski definition) is 5. The van der Waals surface area contributed by atoms with Gasteiger partial charge in [-0.2, -0.15) is 0 Å². The summed E-state index contributed by atoms with van der Waals surface area (Å²) in [4.78, 5) is 27.0. The molecule has 2 heterocycles. The second-order valence-corrected chi connectivity index (χ2v) is 5.73. The molecule has 8 heteroatoms. The van der Waals surface area contributed by atoms with Crippen LogP contribution in [0.5, 0.6) is 0 Å². The van der Waals surface area contributed by atoms with Gasteiger partial charge in [-0.05, 0) is 25.1 Å². The molecule has 25 heavy (non-hydrogen) atoms. The standard InChI is InChI=1S/C17H14N4O4/c1-11-18-13-4-2-3-5-14(13)19(11)8-9-20-15-7-6-12(21(23)24)10-16(15)25-17(20)22/h2-7,10H,8-9H2,1H3. The van der Waals surface area contributed by atoms with E-state index >= 15 is 0 Å². The Morgan fingerprint density at radius 1 is 1.12 bits per heavy atom. The summed E-state index contributed by atoms with van der Waals surface area (Å²) in [6, 6.07) is 12.0. The highest BCUT2D eigenvalue weighted by Gasteiger charge is 2.15. The summed E-state index contributed by atoms with van der Waals surface area (Å²) in [7, 11) is 0. The van der Waals surface area contributed by atoms with Crippen molar-refractivity contribution in [2.45, 2.75) is 20.0 Å². The van der Waals surface area contributed by atoms with Crippen LogP contribution in [0.15, 0.2) is 51.7 Å². The summed E-state index contributed by atoms with van der Waals surface area (Å²) < 4.78 is 8.67. The molecule has 0 N–H and O–H groups in total. The summed E-state index contributed by atoms with van der Waals surface area (Å²) in [5.41, 5.74) is 2.55. The average Bonchev–Trinajstić information content (AvgIpc) is 3.07. The smallest absolute Gasteiger partial charge is 0.407 e. The molecule has 0 saturated heterocycles. The van der Waals surface area contributed by atoms with E-state index in [4.69, 9.17) is 4.42 Å². The van der Waals surface area contributed by atoms with Gasteiger partial charge >= 0.3 is 5.76 Å². The zero-order valence-corrected chi connectivity index (χ0v) is 13.4. The lowest BCUT2D eigenvalue weighted by molar-refractivity contribution is -0.384. The molecule has 0 amide bonds. The van der Waals surface area contributed by atoms with Crippen LogP contribution < -0.4 is 5.76 Å². The maximum atomic E-state index is 12.1. The van der Waals surface area contributed by atoms with Gasteiger partial charge in [-0.3, -0.25) is 14.7 Å². The van der Waals surface area contributed by atoms with Crippen molar-refractivity contribution in [2.75, 3.05) is 0 Å². The van der Waals surface area contributed by atoms with Crippen LogP contribution in [0.2, 0.25) is 0 Å². The van der Waals surface area contributed by atoms with Crippen molar-refractivity contribution in [3.05, 3.63) is 69.0 Å². The van der Waals surface area contributed by atoms with Gasteiger partial charge in [-0.15, -0.1) is 0 Å². The van der Waals surface area contributed by atoms with E-state index in [0.717, 1.165) is 16.9 Å². The average molecular weight is 338 g/mol. The Hall–Kier alpha value is -3.42. The van der Waals surface area contributed by atoms with E-state index < -0.39 is 10.7 Å². The lowest BCUT2D eigenvalue weighted by atomic mass is 10.3. The van der Waals surface area contributed by atoms with Gasteiger partial charge in [-0.25, -0.2) is 9.78 Å². The van der Waals surface area contributed by atoms with E-state index in [1.807, 2.05) is 35.8 Å². The minimum absolute atomic E-state index is 0.107. The van der Waals surface area contributed by atoms with Crippen molar-refractivity contribution in [3.8, 4) is 0 Å². The number of nitrogens with zero attached hydrogens (tertiary/aromatic N) is 4. The number of aromatic nitrogens is 3. The van der Waals surface area contributed by atoms with E-state index in [0.29, 0.717) is 18.6 Å². The van der Waals surface area contributed by atoms with Crippen molar-refractivity contribution in [1.82, 2.24) is 14.1 Å². The van der Waals surface area contributed by atoms with E-state index in [-0.39, 0.29) is 11.3 Å². The van der Waals surface area contributed by atoms with Crippen molar-refractivity contribution >= 4 is 27.8 Å². The lowest BCUT2D eigenvalue weighted by Crippen LogP contribution is -2.18. The molecule has 0 radical (unpaired) electrons. The number of nitro benzene ring substituents is 1. The number of nitro groups is 1. The topological polar surface area (TPSA) is 96.1 Å². The Morgan fingerprint density at radius 2 is 1.88 bits per heavy atom. The zero-order valence-electron chi connectivity index (χ0n) is 13.4. The maximum Gasteiger partial charge on any atom is 0.420 e. The molecule has 0 atom stereocenters. The molecule has 0 bridgehead atoms. The molecule has 0 aliphatic heterocycles. The largest absolute Gasteiger partial charge is 0.420 e. The van der Waals surface area contributed by atoms with Crippen molar-refractivity contribution in [3.63, 3.8) is 0 Å². The Labute approximate surface area is 141 Å². The number of para-hydroxylation sites is 2. The van der Waals surface area contributed by atoms with Gasteiger partial charge < -0.3 is 8.98 Å². The van der Waals surface area contributed by atoms with Crippen LogP contribution in [0.3, 0.4) is 0 Å². The first-order valence-corrected chi connectivity index (χ1v) is 7.74. The lowest BCUT2D eigenvalue weighted by Gasteiger charge is -2.07. The highest BCUT2D eigenvalue weighted by atomic mass is 16.6. The molecule has 4 aromatic rings. The number of fused-ring (bicyclic) bond motifs is 2. The predicted octanol–water partition coefficient (Wildman–Crippen LogP) is 2.86. The van der Waals surface area contributed by atoms with Crippen molar-refractivity contribution < 1.29 is 9.34 Å². The molecular formula is C17H14N4O4. The minimum atomic E-state index is -0.530. The number of rotatable bonds is 4. The predicted molar refractivity (Wildman–Crippen MR) is 91.6 cm³/mol. The summed E-state index contributed by atoms with van der Waals surface area (Å²) in [5, 5.41) is 10.8. The van der Waals surface area contributed by atoms with Gasteiger partial charge in [0.1, 0.15) is 5.82 Å². The van der Waals surface area contributed by atoms with E-state index in [2.05, 4.69) is 4.98 Å². The number of non-ortho nitro benzene ring substituents is 1. The molecule has 0 aliphatic carbocycles. The van der Waals surface area contributed by atoms with E-state index in [1.165, 1.54) is 22.8 Å². The molecule has 0 aliphatic rings. The molecule has 4 rings (SSSR count). The first kappa shape index (κ1) is 15.1. The summed E-state index contributed by atoms with van der Waals surface area (Å²) in [6.45, 7) is 2.84. The normalized spacial score (nSPS) is 11.4. The number of benzene rings is 2. The van der Waals surface area contributed by atoms with Gasteiger partial charge in [0.05, 0.1) is 27.5 Å². The van der Waals surface area contributed by atoms with Gasteiger partial charge in [0, 0.05) is 19.2 Å². The molecule has 0 spiro atoms. The quantitative estimate of drug-likeness (QED) is 0.421. The highest BCUT2D eigenvalue weighted by Crippen LogP contribution is 2.21. The number of imidazole rings is 1. The van der Waals surface area contributed by atoms with Gasteiger partial charge in [0.2, 0.25) is 0 Å². The number of aryl methyl sites for hydroxylation is 3. The minimum Gasteiger partial charge on any atom is -0.407 e. The zero-order chi connectivity index (χ0) is 17.6. The highest BCUT2D eigenvalue weighted by molar-refractivity contribution is 5.76. The first-order valence-electron chi connectivity index (χ1n) is 7.74. The molecule has 0 unspecified atom stereocenters. The molecular weight excluding hydrogens is 324 g/mol. The van der Waals surface area contributed by atoms with Gasteiger partial charge in [-0.1, -0.05) is 12.1 Å². The maximum absolute atomic E-state index is 12.1. The third-order valence-corrected chi connectivity index (χ3v) is 4.26. The summed E-state index contributed by atoms with van der Waals surface area (Å²) in [6.07, 6.45) is 0. The molecule has 126 valence electrons. The van der Waals surface area contributed by atoms with Crippen LogP contribution in [0.4, 0.5) is 5.69 Å². The second kappa shape index (κ2) is 5.59. The number of hydrogen-bond donors (Lipinski definition) is 0. The fourth-order valence-electron chi connectivity index (χ4n) is 3.06. The Kier molecular flexibility index (Phi) is 3.38. The second-order valence-electron chi connectivity index (χ2n) is 5.73. The summed E-state index contributed by atoms with van der Waals surface area (Å²) in [5.74, 6) is 0.329. The van der Waals surface area contributed by atoms with Crippen LogP contribution >= 0.6 is 0 Å². The van der Waals surface area contributed by atoms with E-state index in [1.54, 1.807) is 0 Å². The van der Waals surface area contributed by atoms with Crippen molar-refractivity contribution in [1.29, 1.82) is 0 Å². The first-order chi connectivity index (χ1) is 12.0. The molecule has 2 aromatic heterocycles. The SMILES string of the molecule is Cc1nc2ccccc2n1CCn1c(=O)oc2cc([N+](=O)[O-])ccc21. The van der Waals surface area contributed by atoms with Crippen molar-refractivity contribution in [2.24, 2.45) is 0 Å². The molecule has 0 saturated carbocycles. The molecule has 2 aromatic carbocycles. The van der Waals surface area contributed by atoms with Crippen LogP contribution in [-0.2, 0) is 13.1 Å². The van der Waals surface area contributed by atoms with E-state index in [9.17, 15) is 14.9 Å². The molecule has 0 fully saturated rings. The van der Waals surface area contributed by atoms with Gasteiger partial charge in [0.15, 0.2) is 5.58 Å². The third-order valence-electron chi connectivity index (χ3n) is 4.26. The Balaban J connectivity index is 1.71. The van der Waals surface area contributed by atoms with Crippen LogP contribution in [0, 0.1) is 17.0 Å². The van der Waals surface area contributed by atoms with Gasteiger partial charge in [0.25, 0.3) is 5.69 Å². The van der Waals surface area contributed by atoms with Crippen LogP contribution in [-0.4, -0.2) is 19.0 Å². The Bertz CT molecular complexity index is 1170. The Morgan fingerprint density at radius 3 is 2.68 bits per heavy atom. The number of oxazole rings is 1. The molecule has 8 nitrogen and oxygen atoms in total. The fourth-order valence-corrected chi connectivity index (χ4v) is 3.06. The summed E-state index contributed by atoms with van der Waals surface area (Å²) >= 11 is 0. The van der Waals surface area contributed by atoms with Crippen LogP contribution in [0.25, 0.3) is 22.1 Å². The van der Waals surface area contributed by atoms with Crippen LogP contribution in [0.1, 0.15) is 5.82 Å².